The van der Waals surface area contributed by atoms with E-state index < -0.39 is 0 Å². The molecule has 4 heteroatoms. The van der Waals surface area contributed by atoms with Gasteiger partial charge in [-0.3, -0.25) is 0 Å². The molecule has 1 atom stereocenters. The number of nitrogens with zero attached hydrogens (tertiary/aromatic N) is 1. The van der Waals surface area contributed by atoms with E-state index in [1.54, 1.807) is 0 Å². The topological polar surface area (TPSA) is 70.6 Å². The molecular formula is C10H21N3O. The highest BCUT2D eigenvalue weighted by Gasteiger charge is 2.26. The predicted molar refractivity (Wildman–Crippen MR) is 57.4 cm³/mol. The summed E-state index contributed by atoms with van der Waals surface area (Å²) < 4.78 is 0. The molecule has 0 aromatic heterocycles. The fourth-order valence-electron chi connectivity index (χ4n) is 1.57. The molecule has 14 heavy (non-hydrogen) atoms. The molecule has 0 radical (unpaired) electrons. The average molecular weight is 199 g/mol. The Kier molecular flexibility index (Phi) is 4.73. The molecule has 1 saturated carbocycles. The minimum atomic E-state index is 0.334. The Bertz CT molecular complexity index is 190. The summed E-state index contributed by atoms with van der Waals surface area (Å²) in [5.41, 5.74) is 5.35. The van der Waals surface area contributed by atoms with Crippen molar-refractivity contribution in [1.29, 1.82) is 0 Å². The van der Waals surface area contributed by atoms with E-state index in [4.69, 9.17) is 10.9 Å². The Morgan fingerprint density at radius 1 is 1.57 bits per heavy atom. The maximum atomic E-state index is 8.31. The Labute approximate surface area is 85.6 Å². The molecule has 0 bridgehead atoms. The predicted octanol–water partition coefficient (Wildman–Crippen LogP) is 1.29. The van der Waals surface area contributed by atoms with Crippen LogP contribution in [0.4, 0.5) is 0 Å². The molecule has 1 rings (SSSR count). The average Bonchev–Trinajstić information content (AvgIpc) is 2.99. The van der Waals surface area contributed by atoms with Crippen LogP contribution in [0.25, 0.3) is 0 Å². The zero-order valence-corrected chi connectivity index (χ0v) is 8.87. The third kappa shape index (κ3) is 4.46. The van der Waals surface area contributed by atoms with Crippen molar-refractivity contribution in [2.45, 2.75) is 45.1 Å². The summed E-state index contributed by atoms with van der Waals surface area (Å²) in [5, 5.41) is 14.7. The molecule has 4 N–H and O–H groups in total. The van der Waals surface area contributed by atoms with Gasteiger partial charge in [-0.15, -0.1) is 0 Å². The summed E-state index contributed by atoms with van der Waals surface area (Å²) >= 11 is 0. The first-order valence-corrected chi connectivity index (χ1v) is 5.44. The van der Waals surface area contributed by atoms with E-state index in [2.05, 4.69) is 17.4 Å². The second-order valence-electron chi connectivity index (χ2n) is 4.13. The van der Waals surface area contributed by atoms with E-state index in [0.717, 1.165) is 25.3 Å². The molecule has 0 saturated heterocycles. The molecule has 82 valence electrons. The normalized spacial score (nSPS) is 19.6. The number of nitrogens with two attached hydrogens (primary N) is 1. The zero-order valence-electron chi connectivity index (χ0n) is 8.87. The first-order chi connectivity index (χ1) is 6.74. The lowest BCUT2D eigenvalue weighted by Crippen LogP contribution is -2.28. The van der Waals surface area contributed by atoms with Crippen LogP contribution in [0.15, 0.2) is 5.16 Å². The van der Waals surface area contributed by atoms with Gasteiger partial charge in [-0.05, 0) is 45.1 Å². The number of rotatable bonds is 7. The smallest absolute Gasteiger partial charge is 0.139 e. The highest BCUT2D eigenvalue weighted by Crippen LogP contribution is 2.32. The first-order valence-electron chi connectivity index (χ1n) is 5.44. The number of nitrogens with one attached hydrogen (secondary N) is 1. The van der Waals surface area contributed by atoms with Crippen LogP contribution >= 0.6 is 0 Å². The summed E-state index contributed by atoms with van der Waals surface area (Å²) in [6, 6.07) is 0.666. The number of unbranched alkanes of at least 4 members (excludes halogenated alkanes) is 1. The number of hydrogen-bond donors (Lipinski definition) is 3. The minimum absolute atomic E-state index is 0.334. The standard InChI is InChI=1S/C10H21N3O/c1-8(9-5-6-9)12-7-3-2-4-10(11)13-14/h8-9,12,14H,2-7H2,1H3,(H2,11,13). The molecule has 1 unspecified atom stereocenters. The Balaban J connectivity index is 1.88. The lowest BCUT2D eigenvalue weighted by Gasteiger charge is -2.11. The maximum absolute atomic E-state index is 8.31. The van der Waals surface area contributed by atoms with Gasteiger partial charge in [0.15, 0.2) is 0 Å². The molecule has 1 aliphatic carbocycles. The van der Waals surface area contributed by atoms with Gasteiger partial charge < -0.3 is 16.3 Å². The number of amidine groups is 1. The maximum Gasteiger partial charge on any atom is 0.139 e. The Morgan fingerprint density at radius 2 is 2.29 bits per heavy atom. The van der Waals surface area contributed by atoms with E-state index in [1.807, 2.05) is 0 Å². The van der Waals surface area contributed by atoms with Gasteiger partial charge in [0.05, 0.1) is 0 Å². The Morgan fingerprint density at radius 3 is 2.86 bits per heavy atom. The van der Waals surface area contributed by atoms with Crippen LogP contribution in [-0.4, -0.2) is 23.6 Å². The monoisotopic (exact) mass is 199 g/mol. The van der Waals surface area contributed by atoms with Crippen molar-refractivity contribution in [1.82, 2.24) is 5.32 Å². The van der Waals surface area contributed by atoms with Crippen molar-refractivity contribution in [2.75, 3.05) is 6.54 Å². The quantitative estimate of drug-likeness (QED) is 0.190. The van der Waals surface area contributed by atoms with Gasteiger partial charge in [0.2, 0.25) is 0 Å². The van der Waals surface area contributed by atoms with Crippen LogP contribution in [0.5, 0.6) is 0 Å². The molecule has 4 nitrogen and oxygen atoms in total. The van der Waals surface area contributed by atoms with Gasteiger partial charge in [0.25, 0.3) is 0 Å². The molecule has 0 aliphatic heterocycles. The largest absolute Gasteiger partial charge is 0.409 e. The molecule has 0 aromatic carbocycles. The molecule has 0 amide bonds. The molecule has 1 aliphatic rings. The molecule has 0 aromatic rings. The van der Waals surface area contributed by atoms with Gasteiger partial charge in [-0.2, -0.15) is 0 Å². The van der Waals surface area contributed by atoms with Crippen LogP contribution in [0.3, 0.4) is 0 Å². The van der Waals surface area contributed by atoms with Gasteiger partial charge >= 0.3 is 0 Å². The second-order valence-corrected chi connectivity index (χ2v) is 4.13. The van der Waals surface area contributed by atoms with Crippen molar-refractivity contribution in [3.05, 3.63) is 0 Å². The van der Waals surface area contributed by atoms with E-state index in [0.29, 0.717) is 18.3 Å². The third-order valence-electron chi connectivity index (χ3n) is 2.78. The minimum Gasteiger partial charge on any atom is -0.409 e. The molecule has 0 spiro atoms. The zero-order chi connectivity index (χ0) is 10.4. The van der Waals surface area contributed by atoms with Crippen LogP contribution < -0.4 is 11.1 Å². The van der Waals surface area contributed by atoms with Gasteiger partial charge in [0, 0.05) is 12.5 Å². The molecule has 0 heterocycles. The van der Waals surface area contributed by atoms with Crippen molar-refractivity contribution in [3.63, 3.8) is 0 Å². The fraction of sp³-hybridized carbons (Fsp3) is 0.900. The lowest BCUT2D eigenvalue weighted by atomic mass is 10.2. The lowest BCUT2D eigenvalue weighted by molar-refractivity contribution is 0.316. The van der Waals surface area contributed by atoms with Crippen LogP contribution in [-0.2, 0) is 0 Å². The van der Waals surface area contributed by atoms with Gasteiger partial charge in [-0.25, -0.2) is 0 Å². The van der Waals surface area contributed by atoms with Crippen LogP contribution in [0.2, 0.25) is 0 Å². The summed E-state index contributed by atoms with van der Waals surface area (Å²) in [5.74, 6) is 1.25. The Hall–Kier alpha value is -0.770. The van der Waals surface area contributed by atoms with Crippen molar-refractivity contribution < 1.29 is 5.21 Å². The summed E-state index contributed by atoms with van der Waals surface area (Å²) in [7, 11) is 0. The highest BCUT2D eigenvalue weighted by molar-refractivity contribution is 5.79. The van der Waals surface area contributed by atoms with E-state index >= 15 is 0 Å². The fourth-order valence-corrected chi connectivity index (χ4v) is 1.57. The second kappa shape index (κ2) is 5.86. The number of oxime groups is 1. The highest BCUT2D eigenvalue weighted by atomic mass is 16.4. The van der Waals surface area contributed by atoms with Crippen molar-refractivity contribution in [2.24, 2.45) is 16.8 Å². The SMILES string of the molecule is CC(NCCCCC(N)=NO)C1CC1. The van der Waals surface area contributed by atoms with Crippen LogP contribution in [0, 0.1) is 5.92 Å². The first kappa shape index (κ1) is 11.3. The summed E-state index contributed by atoms with van der Waals surface area (Å²) in [4.78, 5) is 0. The molecule has 1 fully saturated rings. The third-order valence-corrected chi connectivity index (χ3v) is 2.78. The number of hydrogen-bond acceptors (Lipinski definition) is 3. The van der Waals surface area contributed by atoms with Gasteiger partial charge in [-0.1, -0.05) is 5.16 Å². The summed E-state index contributed by atoms with van der Waals surface area (Å²) in [6.07, 6.45) is 5.54. The van der Waals surface area contributed by atoms with E-state index in [-0.39, 0.29) is 0 Å². The van der Waals surface area contributed by atoms with Crippen molar-refractivity contribution >= 4 is 5.84 Å². The van der Waals surface area contributed by atoms with Crippen molar-refractivity contribution in [3.8, 4) is 0 Å². The molecular weight excluding hydrogens is 178 g/mol. The summed E-state index contributed by atoms with van der Waals surface area (Å²) in [6.45, 7) is 3.29. The van der Waals surface area contributed by atoms with Crippen LogP contribution in [0.1, 0.15) is 39.0 Å². The van der Waals surface area contributed by atoms with Gasteiger partial charge in [0.1, 0.15) is 5.84 Å². The van der Waals surface area contributed by atoms with E-state index in [9.17, 15) is 0 Å². The van der Waals surface area contributed by atoms with E-state index in [1.165, 1.54) is 12.8 Å².